The van der Waals surface area contributed by atoms with Crippen molar-refractivity contribution in [3.63, 3.8) is 0 Å². The van der Waals surface area contributed by atoms with E-state index in [9.17, 15) is 9.59 Å². The molecule has 3 rings (SSSR count). The fraction of sp³-hybridized carbons (Fsp3) is 0.222. The average Bonchev–Trinajstić information content (AvgIpc) is 3.03. The number of nitrogens with one attached hydrogen (secondary N) is 1. The van der Waals surface area contributed by atoms with E-state index in [-0.39, 0.29) is 18.0 Å². The van der Waals surface area contributed by atoms with Crippen molar-refractivity contribution in [1.29, 1.82) is 0 Å². The van der Waals surface area contributed by atoms with E-state index in [1.165, 1.54) is 4.57 Å². The molecule has 5 heteroatoms. The van der Waals surface area contributed by atoms with Gasteiger partial charge in [0.05, 0.1) is 18.3 Å². The Bertz CT molecular complexity index is 908. The molecule has 0 radical (unpaired) electrons. The highest BCUT2D eigenvalue weighted by Gasteiger charge is 2.12. The van der Waals surface area contributed by atoms with E-state index >= 15 is 0 Å². The van der Waals surface area contributed by atoms with Crippen LogP contribution in [0, 0.1) is 13.8 Å². The lowest BCUT2D eigenvalue weighted by Gasteiger charge is -2.14. The number of furan rings is 1. The van der Waals surface area contributed by atoms with E-state index in [0.29, 0.717) is 12.3 Å². The zero-order valence-corrected chi connectivity index (χ0v) is 13.1. The Morgan fingerprint density at radius 3 is 2.74 bits per heavy atom. The number of aromatic nitrogens is 1. The molecule has 0 saturated carbocycles. The Labute approximate surface area is 133 Å². The molecule has 0 aliphatic rings. The average molecular weight is 310 g/mol. The zero-order valence-electron chi connectivity index (χ0n) is 13.1. The quantitative estimate of drug-likeness (QED) is 0.805. The van der Waals surface area contributed by atoms with E-state index in [2.05, 4.69) is 5.32 Å². The topological polar surface area (TPSA) is 64.2 Å². The molecule has 0 saturated heterocycles. The molecule has 0 bridgehead atoms. The van der Waals surface area contributed by atoms with Crippen molar-refractivity contribution in [2.24, 2.45) is 0 Å². The summed E-state index contributed by atoms with van der Waals surface area (Å²) in [6.07, 6.45) is 1.56. The molecule has 1 amide bonds. The molecule has 0 fully saturated rings. The van der Waals surface area contributed by atoms with Crippen LogP contribution in [0.3, 0.4) is 0 Å². The standard InChI is InChI=1S/C18H18N2O3/c1-12-5-3-7-15-13(2)9-17(22)20(18(12)15)11-16(21)19-10-14-6-4-8-23-14/h3-9H,10-11H2,1-2H3,(H,19,21). The van der Waals surface area contributed by atoms with Gasteiger partial charge in [0.1, 0.15) is 12.3 Å². The fourth-order valence-corrected chi connectivity index (χ4v) is 2.74. The van der Waals surface area contributed by atoms with Crippen molar-refractivity contribution >= 4 is 16.8 Å². The van der Waals surface area contributed by atoms with Crippen LogP contribution in [0.2, 0.25) is 0 Å². The van der Waals surface area contributed by atoms with Gasteiger partial charge >= 0.3 is 0 Å². The van der Waals surface area contributed by atoms with Crippen molar-refractivity contribution in [1.82, 2.24) is 9.88 Å². The maximum Gasteiger partial charge on any atom is 0.251 e. The smallest absolute Gasteiger partial charge is 0.251 e. The number of benzene rings is 1. The number of carbonyl (C=O) groups excluding carboxylic acids is 1. The van der Waals surface area contributed by atoms with Crippen molar-refractivity contribution in [3.8, 4) is 0 Å². The highest BCUT2D eigenvalue weighted by Crippen LogP contribution is 2.19. The number of carbonyl (C=O) groups is 1. The Hall–Kier alpha value is -2.82. The summed E-state index contributed by atoms with van der Waals surface area (Å²) in [4.78, 5) is 24.5. The van der Waals surface area contributed by atoms with Crippen LogP contribution in [-0.4, -0.2) is 10.5 Å². The molecule has 1 aromatic carbocycles. The minimum atomic E-state index is -0.225. The van der Waals surface area contributed by atoms with E-state index in [4.69, 9.17) is 4.42 Å². The summed E-state index contributed by atoms with van der Waals surface area (Å²) in [5.41, 5.74) is 2.53. The summed E-state index contributed by atoms with van der Waals surface area (Å²) in [7, 11) is 0. The normalized spacial score (nSPS) is 10.9. The number of nitrogens with zero attached hydrogens (tertiary/aromatic N) is 1. The van der Waals surface area contributed by atoms with Gasteiger partial charge in [0.25, 0.3) is 5.56 Å². The van der Waals surface area contributed by atoms with Crippen LogP contribution in [0.1, 0.15) is 16.9 Å². The summed E-state index contributed by atoms with van der Waals surface area (Å²) < 4.78 is 6.70. The van der Waals surface area contributed by atoms with Gasteiger partial charge in [-0.15, -0.1) is 0 Å². The summed E-state index contributed by atoms with van der Waals surface area (Å²) >= 11 is 0. The molecular formula is C18H18N2O3. The van der Waals surface area contributed by atoms with Crippen molar-refractivity contribution in [3.05, 3.63) is 69.9 Å². The molecule has 2 heterocycles. The number of amides is 1. The zero-order chi connectivity index (χ0) is 16.4. The first kappa shape index (κ1) is 15.1. The third-order valence-corrected chi connectivity index (χ3v) is 3.88. The van der Waals surface area contributed by atoms with E-state index < -0.39 is 0 Å². The Kier molecular flexibility index (Phi) is 4.02. The molecule has 0 unspecified atom stereocenters. The molecule has 0 spiro atoms. The van der Waals surface area contributed by atoms with Gasteiger partial charge in [0.15, 0.2) is 0 Å². The summed E-state index contributed by atoms with van der Waals surface area (Å²) in [6, 6.07) is 11.0. The van der Waals surface area contributed by atoms with Crippen molar-refractivity contribution < 1.29 is 9.21 Å². The first-order valence-corrected chi connectivity index (χ1v) is 7.45. The molecule has 118 valence electrons. The maximum atomic E-state index is 12.3. The second kappa shape index (κ2) is 6.12. The van der Waals surface area contributed by atoms with Crippen molar-refractivity contribution in [2.45, 2.75) is 26.9 Å². The van der Waals surface area contributed by atoms with Gasteiger partial charge < -0.3 is 9.73 Å². The van der Waals surface area contributed by atoms with Gasteiger partial charge in [-0.2, -0.15) is 0 Å². The summed E-state index contributed by atoms with van der Waals surface area (Å²) in [5, 5.41) is 3.76. The Morgan fingerprint density at radius 1 is 1.17 bits per heavy atom. The first-order valence-electron chi connectivity index (χ1n) is 7.45. The lowest BCUT2D eigenvalue weighted by atomic mass is 10.1. The third-order valence-electron chi connectivity index (χ3n) is 3.88. The lowest BCUT2D eigenvalue weighted by molar-refractivity contribution is -0.121. The van der Waals surface area contributed by atoms with Crippen LogP contribution < -0.4 is 10.9 Å². The minimum absolute atomic E-state index is 0.0127. The largest absolute Gasteiger partial charge is 0.467 e. The second-order valence-electron chi connectivity index (χ2n) is 5.58. The van der Waals surface area contributed by atoms with Crippen LogP contribution in [-0.2, 0) is 17.9 Å². The predicted molar refractivity (Wildman–Crippen MR) is 88.2 cm³/mol. The van der Waals surface area contributed by atoms with Crippen LogP contribution >= 0.6 is 0 Å². The first-order chi connectivity index (χ1) is 11.1. The monoisotopic (exact) mass is 310 g/mol. The van der Waals surface area contributed by atoms with Gasteiger partial charge in [-0.05, 0) is 37.1 Å². The van der Waals surface area contributed by atoms with Crippen LogP contribution in [0.15, 0.2) is 51.9 Å². The number of fused-ring (bicyclic) bond motifs is 1. The van der Waals surface area contributed by atoms with Gasteiger partial charge in [-0.3, -0.25) is 14.2 Å². The van der Waals surface area contributed by atoms with Crippen LogP contribution in [0.25, 0.3) is 10.9 Å². The van der Waals surface area contributed by atoms with E-state index in [1.807, 2.05) is 32.0 Å². The number of hydrogen-bond donors (Lipinski definition) is 1. The van der Waals surface area contributed by atoms with Crippen molar-refractivity contribution in [2.75, 3.05) is 0 Å². The number of pyridine rings is 1. The molecule has 0 atom stereocenters. The van der Waals surface area contributed by atoms with Gasteiger partial charge in [0, 0.05) is 11.5 Å². The number of para-hydroxylation sites is 1. The summed E-state index contributed by atoms with van der Waals surface area (Å²) in [6.45, 7) is 4.15. The molecule has 0 aliphatic heterocycles. The molecule has 5 nitrogen and oxygen atoms in total. The van der Waals surface area contributed by atoms with Gasteiger partial charge in [-0.1, -0.05) is 18.2 Å². The SMILES string of the molecule is Cc1cc(=O)n(CC(=O)NCc2ccco2)c2c(C)cccc12. The minimum Gasteiger partial charge on any atom is -0.467 e. The molecule has 23 heavy (non-hydrogen) atoms. The second-order valence-corrected chi connectivity index (χ2v) is 5.58. The van der Waals surface area contributed by atoms with Gasteiger partial charge in [-0.25, -0.2) is 0 Å². The highest BCUT2D eigenvalue weighted by molar-refractivity contribution is 5.86. The fourth-order valence-electron chi connectivity index (χ4n) is 2.74. The Balaban J connectivity index is 1.90. The number of hydrogen-bond acceptors (Lipinski definition) is 3. The highest BCUT2D eigenvalue weighted by atomic mass is 16.3. The molecule has 2 aromatic heterocycles. The number of rotatable bonds is 4. The number of aryl methyl sites for hydroxylation is 2. The predicted octanol–water partition coefficient (Wildman–Crippen LogP) is 2.53. The maximum absolute atomic E-state index is 12.3. The van der Waals surface area contributed by atoms with E-state index in [1.54, 1.807) is 24.5 Å². The van der Waals surface area contributed by atoms with Crippen LogP contribution in [0.4, 0.5) is 0 Å². The lowest BCUT2D eigenvalue weighted by Crippen LogP contribution is -2.32. The van der Waals surface area contributed by atoms with Gasteiger partial charge in [0.2, 0.25) is 5.91 Å². The molecule has 3 aromatic rings. The summed E-state index contributed by atoms with van der Waals surface area (Å²) in [5.74, 6) is 0.451. The third kappa shape index (κ3) is 3.04. The molecular weight excluding hydrogens is 292 g/mol. The van der Waals surface area contributed by atoms with E-state index in [0.717, 1.165) is 22.0 Å². The molecule has 1 N–H and O–H groups in total. The molecule has 0 aliphatic carbocycles. The Morgan fingerprint density at radius 2 is 2.00 bits per heavy atom. The van der Waals surface area contributed by atoms with Crippen LogP contribution in [0.5, 0.6) is 0 Å².